The fourth-order valence-corrected chi connectivity index (χ4v) is 2.24. The Morgan fingerprint density at radius 2 is 2.00 bits per heavy atom. The maximum Gasteiger partial charge on any atom is 0.137 e. The van der Waals surface area contributed by atoms with Gasteiger partial charge in [0.2, 0.25) is 0 Å². The molecule has 2 aromatic rings. The van der Waals surface area contributed by atoms with Crippen LogP contribution in [0.5, 0.6) is 0 Å². The number of nitrogens with zero attached hydrogens (tertiary/aromatic N) is 1. The predicted octanol–water partition coefficient (Wildman–Crippen LogP) is 3.72. The van der Waals surface area contributed by atoms with Crippen LogP contribution in [0.3, 0.4) is 0 Å². The third-order valence-electron chi connectivity index (χ3n) is 2.96. The van der Waals surface area contributed by atoms with Crippen molar-refractivity contribution in [2.75, 3.05) is 0 Å². The van der Waals surface area contributed by atoms with Crippen LogP contribution in [0, 0.1) is 5.82 Å². The lowest BCUT2D eigenvalue weighted by molar-refractivity contribution is 0.493. The minimum absolute atomic E-state index is 0.131. The van der Waals surface area contributed by atoms with E-state index in [1.165, 1.54) is 6.07 Å². The van der Waals surface area contributed by atoms with Gasteiger partial charge in [-0.25, -0.2) is 4.39 Å². The SMILES string of the molecule is CC(NC(C)c1ccc(F)c(Br)c1)c1cn[nH]c1. The first-order valence-electron chi connectivity index (χ1n) is 5.77. The normalized spacial score (nSPS) is 14.4. The van der Waals surface area contributed by atoms with Crippen molar-refractivity contribution in [1.29, 1.82) is 0 Å². The number of aromatic amines is 1. The van der Waals surface area contributed by atoms with Crippen LogP contribution in [0.25, 0.3) is 0 Å². The van der Waals surface area contributed by atoms with Gasteiger partial charge in [0.25, 0.3) is 0 Å². The molecule has 0 amide bonds. The summed E-state index contributed by atoms with van der Waals surface area (Å²) in [5.74, 6) is -0.242. The van der Waals surface area contributed by atoms with Gasteiger partial charge in [-0.3, -0.25) is 5.10 Å². The van der Waals surface area contributed by atoms with Crippen molar-refractivity contribution in [3.63, 3.8) is 0 Å². The van der Waals surface area contributed by atoms with Gasteiger partial charge in [0.15, 0.2) is 0 Å². The van der Waals surface area contributed by atoms with Crippen LogP contribution >= 0.6 is 15.9 Å². The van der Waals surface area contributed by atoms with E-state index in [-0.39, 0.29) is 17.9 Å². The topological polar surface area (TPSA) is 40.7 Å². The van der Waals surface area contributed by atoms with Gasteiger partial charge in [-0.2, -0.15) is 5.10 Å². The molecule has 0 spiro atoms. The van der Waals surface area contributed by atoms with Gasteiger partial charge in [-0.1, -0.05) is 6.07 Å². The van der Waals surface area contributed by atoms with Crippen LogP contribution in [-0.4, -0.2) is 10.2 Å². The molecule has 2 rings (SSSR count). The van der Waals surface area contributed by atoms with Gasteiger partial charge in [-0.05, 0) is 47.5 Å². The summed E-state index contributed by atoms with van der Waals surface area (Å²) in [7, 11) is 0. The van der Waals surface area contributed by atoms with Crippen LogP contribution in [0.4, 0.5) is 4.39 Å². The maximum absolute atomic E-state index is 13.2. The number of aromatic nitrogens is 2. The summed E-state index contributed by atoms with van der Waals surface area (Å²) in [6.45, 7) is 4.12. The van der Waals surface area contributed by atoms with Crippen LogP contribution < -0.4 is 5.32 Å². The van der Waals surface area contributed by atoms with Crippen LogP contribution in [-0.2, 0) is 0 Å². The first-order valence-corrected chi connectivity index (χ1v) is 6.57. The Hall–Kier alpha value is -1.20. The Balaban J connectivity index is 2.07. The zero-order valence-corrected chi connectivity index (χ0v) is 11.8. The first-order chi connectivity index (χ1) is 8.58. The quantitative estimate of drug-likeness (QED) is 0.903. The summed E-state index contributed by atoms with van der Waals surface area (Å²) in [5, 5.41) is 10.2. The van der Waals surface area contributed by atoms with Crippen molar-refractivity contribution in [3.8, 4) is 0 Å². The second kappa shape index (κ2) is 5.63. The molecular formula is C13H15BrFN3. The predicted molar refractivity (Wildman–Crippen MR) is 72.7 cm³/mol. The van der Waals surface area contributed by atoms with Crippen LogP contribution in [0.15, 0.2) is 35.1 Å². The summed E-state index contributed by atoms with van der Waals surface area (Å²) >= 11 is 3.20. The van der Waals surface area contributed by atoms with E-state index >= 15 is 0 Å². The molecule has 0 bridgehead atoms. The lowest BCUT2D eigenvalue weighted by Crippen LogP contribution is -2.22. The number of hydrogen-bond acceptors (Lipinski definition) is 2. The van der Waals surface area contributed by atoms with E-state index in [9.17, 15) is 4.39 Å². The monoisotopic (exact) mass is 311 g/mol. The second-order valence-corrected chi connectivity index (χ2v) is 5.17. The molecular weight excluding hydrogens is 297 g/mol. The number of halogens is 2. The van der Waals surface area contributed by atoms with Crippen LogP contribution in [0.1, 0.15) is 37.1 Å². The molecule has 2 unspecified atom stereocenters. The number of benzene rings is 1. The van der Waals surface area contributed by atoms with Crippen molar-refractivity contribution < 1.29 is 4.39 Å². The van der Waals surface area contributed by atoms with E-state index in [4.69, 9.17) is 0 Å². The number of rotatable bonds is 4. The Morgan fingerprint density at radius 3 is 2.61 bits per heavy atom. The van der Waals surface area contributed by atoms with E-state index in [0.29, 0.717) is 4.47 Å². The molecule has 0 saturated carbocycles. The molecule has 1 aromatic carbocycles. The zero-order valence-electron chi connectivity index (χ0n) is 10.2. The molecule has 18 heavy (non-hydrogen) atoms. The summed E-state index contributed by atoms with van der Waals surface area (Å²) < 4.78 is 13.7. The van der Waals surface area contributed by atoms with Crippen LogP contribution in [0.2, 0.25) is 0 Å². The van der Waals surface area contributed by atoms with E-state index < -0.39 is 0 Å². The van der Waals surface area contributed by atoms with Crippen molar-refractivity contribution >= 4 is 15.9 Å². The lowest BCUT2D eigenvalue weighted by atomic mass is 10.1. The Bertz CT molecular complexity index is 513. The van der Waals surface area contributed by atoms with Gasteiger partial charge in [0.05, 0.1) is 10.7 Å². The molecule has 0 aliphatic heterocycles. The average molecular weight is 312 g/mol. The zero-order chi connectivity index (χ0) is 13.1. The van der Waals surface area contributed by atoms with E-state index in [2.05, 4.69) is 45.3 Å². The highest BCUT2D eigenvalue weighted by Crippen LogP contribution is 2.23. The second-order valence-electron chi connectivity index (χ2n) is 4.32. The molecule has 3 nitrogen and oxygen atoms in total. The molecule has 0 radical (unpaired) electrons. The minimum Gasteiger partial charge on any atom is -0.304 e. The van der Waals surface area contributed by atoms with Gasteiger partial charge >= 0.3 is 0 Å². The lowest BCUT2D eigenvalue weighted by Gasteiger charge is -2.19. The number of H-pyrrole nitrogens is 1. The minimum atomic E-state index is -0.242. The molecule has 1 heterocycles. The third-order valence-corrected chi connectivity index (χ3v) is 3.57. The number of nitrogens with one attached hydrogen (secondary N) is 2. The van der Waals surface area contributed by atoms with E-state index in [1.54, 1.807) is 18.3 Å². The van der Waals surface area contributed by atoms with Gasteiger partial charge in [-0.15, -0.1) is 0 Å². The fraction of sp³-hybridized carbons (Fsp3) is 0.308. The Labute approximate surface area is 114 Å². The summed E-state index contributed by atoms with van der Waals surface area (Å²) in [6.07, 6.45) is 3.66. The molecule has 96 valence electrons. The van der Waals surface area contributed by atoms with Gasteiger partial charge in [0.1, 0.15) is 5.82 Å². The standard InChI is InChI=1S/C13H15BrFN3/c1-8(10-3-4-13(15)12(14)5-10)18-9(2)11-6-16-17-7-11/h3-9,18H,1-2H3,(H,16,17). The molecule has 5 heteroatoms. The molecule has 0 saturated heterocycles. The number of hydrogen-bond donors (Lipinski definition) is 2. The van der Waals surface area contributed by atoms with Crippen molar-refractivity contribution in [3.05, 3.63) is 52.0 Å². The highest BCUT2D eigenvalue weighted by molar-refractivity contribution is 9.10. The van der Waals surface area contributed by atoms with E-state index in [1.807, 2.05) is 6.20 Å². The Kier molecular flexibility index (Phi) is 4.14. The van der Waals surface area contributed by atoms with Gasteiger partial charge in [0, 0.05) is 23.8 Å². The molecule has 0 aliphatic rings. The largest absolute Gasteiger partial charge is 0.304 e. The smallest absolute Gasteiger partial charge is 0.137 e. The van der Waals surface area contributed by atoms with Crippen molar-refractivity contribution in [2.45, 2.75) is 25.9 Å². The fourth-order valence-electron chi connectivity index (χ4n) is 1.85. The van der Waals surface area contributed by atoms with E-state index in [0.717, 1.165) is 11.1 Å². The molecule has 2 atom stereocenters. The molecule has 1 aromatic heterocycles. The molecule has 0 fully saturated rings. The maximum atomic E-state index is 13.2. The summed E-state index contributed by atoms with van der Waals surface area (Å²) in [5.41, 5.74) is 2.14. The highest BCUT2D eigenvalue weighted by Gasteiger charge is 2.12. The first kappa shape index (κ1) is 13.2. The molecule has 0 aliphatic carbocycles. The molecule has 2 N–H and O–H groups in total. The summed E-state index contributed by atoms with van der Waals surface area (Å²) in [6, 6.07) is 5.38. The average Bonchev–Trinajstić information content (AvgIpc) is 2.86. The highest BCUT2D eigenvalue weighted by atomic mass is 79.9. The van der Waals surface area contributed by atoms with Gasteiger partial charge < -0.3 is 5.32 Å². The van der Waals surface area contributed by atoms with Crippen molar-refractivity contribution in [1.82, 2.24) is 15.5 Å². The summed E-state index contributed by atoms with van der Waals surface area (Å²) in [4.78, 5) is 0. The third kappa shape index (κ3) is 2.97. The Morgan fingerprint density at radius 1 is 1.28 bits per heavy atom. The van der Waals surface area contributed by atoms with Crippen molar-refractivity contribution in [2.24, 2.45) is 0 Å².